The molecule has 1 aliphatic rings. The molecule has 1 aromatic carbocycles. The van der Waals surface area contributed by atoms with Gasteiger partial charge in [0.1, 0.15) is 31.1 Å². The molecule has 18 nitrogen and oxygen atoms in total. The number of alkyl carbamates (subject to hydrolysis) is 1. The van der Waals surface area contributed by atoms with Crippen molar-refractivity contribution in [1.82, 2.24) is 5.32 Å². The van der Waals surface area contributed by atoms with Gasteiger partial charge in [0.15, 0.2) is 12.2 Å². The maximum atomic E-state index is 12.4. The molecule has 276 valence electrons. The van der Waals surface area contributed by atoms with Crippen molar-refractivity contribution in [3.63, 3.8) is 0 Å². The van der Waals surface area contributed by atoms with Crippen molar-refractivity contribution in [1.29, 1.82) is 0 Å². The molecule has 18 heteroatoms. The normalized spacial score (nSPS) is 19.7. The van der Waals surface area contributed by atoms with Crippen molar-refractivity contribution < 1.29 is 76.2 Å². The van der Waals surface area contributed by atoms with Gasteiger partial charge in [0.25, 0.3) is 0 Å². The molecule has 0 saturated carbocycles. The van der Waals surface area contributed by atoms with Crippen LogP contribution in [0.2, 0.25) is 0 Å². The van der Waals surface area contributed by atoms with Crippen LogP contribution < -0.4 is 10.1 Å². The average molecular weight is 710 g/mol. The van der Waals surface area contributed by atoms with E-state index in [1.54, 1.807) is 6.92 Å². The number of hydrogen-bond donors (Lipinski definition) is 1. The summed E-state index contributed by atoms with van der Waals surface area (Å²) in [5.41, 5.74) is 8.95. The van der Waals surface area contributed by atoms with Crippen molar-refractivity contribution in [3.8, 4) is 5.75 Å². The standard InChI is InChI=1S/C30H37N3O15.C2H6/c1-6-41-28(39)23(12-9-21(38)13-32-31)33-30(40)43-14-20-7-10-22(11-8-20)47-29-27(46-19(5)37)26(45-18(4)36)25(44-17(3)35)24(48-29)15-42-16(2)34;1-2/h7-8,10-11,13,23-27,29H,6,9,12,14-15H2,1-5H3,(H,33,40);1-2H3/t23-,24+,25-,26-,27+,29-;/m0./s1. The Morgan fingerprint density at radius 1 is 0.840 bits per heavy atom. The van der Waals surface area contributed by atoms with E-state index >= 15 is 0 Å². The van der Waals surface area contributed by atoms with Crippen LogP contribution in [0.25, 0.3) is 5.53 Å². The maximum absolute atomic E-state index is 12.4. The highest BCUT2D eigenvalue weighted by molar-refractivity contribution is 6.25. The van der Waals surface area contributed by atoms with Gasteiger partial charge in [-0.3, -0.25) is 24.0 Å². The minimum absolute atomic E-state index is 0.0318. The fourth-order valence-electron chi connectivity index (χ4n) is 4.32. The summed E-state index contributed by atoms with van der Waals surface area (Å²) in [5.74, 6) is -4.25. The van der Waals surface area contributed by atoms with Crippen LogP contribution in [0.5, 0.6) is 5.75 Å². The fraction of sp³-hybridized carbons (Fsp3) is 0.562. The molecular formula is C32H43N3O15. The van der Waals surface area contributed by atoms with Crippen LogP contribution in [-0.4, -0.2) is 103 Å². The summed E-state index contributed by atoms with van der Waals surface area (Å²) in [6.45, 7) is 9.36. The second kappa shape index (κ2) is 22.3. The second-order valence-electron chi connectivity index (χ2n) is 10.1. The lowest BCUT2D eigenvalue weighted by molar-refractivity contribution is -0.288. The van der Waals surface area contributed by atoms with Gasteiger partial charge < -0.3 is 48.7 Å². The SMILES string of the molecule is CC.CCOC(=O)[C@H](CCC(=O)C=[N+]=[N-])NC(=O)OCc1ccc(O[C@H]2O[C@H](COC(C)=O)[C@H](OC(C)=O)[C@H](OC(C)=O)[C@H]2OC(C)=O)cc1. The van der Waals surface area contributed by atoms with Crippen molar-refractivity contribution in [2.24, 2.45) is 0 Å². The molecule has 0 aliphatic carbocycles. The van der Waals surface area contributed by atoms with E-state index in [2.05, 4.69) is 10.1 Å². The average Bonchev–Trinajstić information content (AvgIpc) is 3.05. The van der Waals surface area contributed by atoms with Crippen LogP contribution >= 0.6 is 0 Å². The number of nitrogens with zero attached hydrogens (tertiary/aromatic N) is 2. The predicted octanol–water partition coefficient (Wildman–Crippen LogP) is 1.98. The van der Waals surface area contributed by atoms with E-state index in [0.29, 0.717) is 11.8 Å². The zero-order valence-corrected chi connectivity index (χ0v) is 28.9. The summed E-state index contributed by atoms with van der Waals surface area (Å²) in [5, 5.41) is 2.33. The first-order chi connectivity index (χ1) is 23.7. The summed E-state index contributed by atoms with van der Waals surface area (Å²) in [6.07, 6.45) is -7.51. The molecule has 0 radical (unpaired) electrons. The largest absolute Gasteiger partial charge is 0.464 e. The molecule has 0 bridgehead atoms. The van der Waals surface area contributed by atoms with Crippen LogP contribution in [0, 0.1) is 0 Å². The first kappa shape index (κ1) is 42.7. The fourth-order valence-corrected chi connectivity index (χ4v) is 4.32. The van der Waals surface area contributed by atoms with Gasteiger partial charge in [-0.1, -0.05) is 26.0 Å². The van der Waals surface area contributed by atoms with Crippen molar-refractivity contribution in [2.75, 3.05) is 13.2 Å². The van der Waals surface area contributed by atoms with E-state index in [9.17, 15) is 33.6 Å². The van der Waals surface area contributed by atoms with Gasteiger partial charge in [-0.25, -0.2) is 9.59 Å². The smallest absolute Gasteiger partial charge is 0.408 e. The van der Waals surface area contributed by atoms with Gasteiger partial charge in [0.2, 0.25) is 18.2 Å². The number of esters is 5. The number of Topliss-reactive ketones (excluding diaryl/α,β-unsaturated/α-hetero) is 1. The molecule has 1 aromatic rings. The van der Waals surface area contributed by atoms with E-state index in [-0.39, 0.29) is 31.8 Å². The predicted molar refractivity (Wildman–Crippen MR) is 168 cm³/mol. The Hall–Kier alpha value is -5.35. The van der Waals surface area contributed by atoms with Crippen LogP contribution in [0.3, 0.4) is 0 Å². The third-order valence-corrected chi connectivity index (χ3v) is 6.24. The van der Waals surface area contributed by atoms with Crippen molar-refractivity contribution in [3.05, 3.63) is 35.4 Å². The van der Waals surface area contributed by atoms with Gasteiger partial charge in [0.05, 0.1) is 6.61 Å². The highest BCUT2D eigenvalue weighted by Gasteiger charge is 2.53. The number of hydrogen-bond acceptors (Lipinski definition) is 15. The lowest BCUT2D eigenvalue weighted by atomic mass is 9.98. The molecule has 1 heterocycles. The Morgan fingerprint density at radius 2 is 1.42 bits per heavy atom. The van der Waals surface area contributed by atoms with Gasteiger partial charge >= 0.3 is 42.2 Å². The quantitative estimate of drug-likeness (QED) is 0.0848. The molecule has 1 saturated heterocycles. The molecule has 0 unspecified atom stereocenters. The van der Waals surface area contributed by atoms with Gasteiger partial charge in [-0.05, 0) is 31.0 Å². The van der Waals surface area contributed by atoms with Gasteiger partial charge in [-0.15, -0.1) is 0 Å². The number of carbonyl (C=O) groups is 7. The molecule has 2 rings (SSSR count). The Bertz CT molecular complexity index is 1380. The molecule has 6 atom stereocenters. The molecule has 1 amide bonds. The molecule has 1 aliphatic heterocycles. The summed E-state index contributed by atoms with van der Waals surface area (Å²) < 4.78 is 43.1. The first-order valence-electron chi connectivity index (χ1n) is 15.6. The number of rotatable bonds is 16. The monoisotopic (exact) mass is 709 g/mol. The minimum atomic E-state index is -1.45. The number of carbonyl (C=O) groups excluding carboxylic acids is 7. The van der Waals surface area contributed by atoms with Crippen LogP contribution in [0.4, 0.5) is 4.79 Å². The van der Waals surface area contributed by atoms with Crippen LogP contribution in [0.1, 0.15) is 66.9 Å². The number of ketones is 1. The van der Waals surface area contributed by atoms with Crippen molar-refractivity contribution >= 4 is 47.9 Å². The zero-order valence-electron chi connectivity index (χ0n) is 28.9. The first-order valence-corrected chi connectivity index (χ1v) is 15.6. The van der Waals surface area contributed by atoms with E-state index in [1.807, 2.05) is 13.8 Å². The maximum Gasteiger partial charge on any atom is 0.408 e. The molecule has 0 spiro atoms. The number of benzene rings is 1. The molecular weight excluding hydrogens is 666 g/mol. The Kier molecular flexibility index (Phi) is 19.0. The number of ether oxygens (including phenoxy) is 8. The topological polar surface area (TPSA) is 242 Å². The third kappa shape index (κ3) is 15.3. The molecule has 50 heavy (non-hydrogen) atoms. The van der Waals surface area contributed by atoms with E-state index in [1.165, 1.54) is 24.3 Å². The zero-order chi connectivity index (χ0) is 37.8. The lowest BCUT2D eigenvalue weighted by Gasteiger charge is -2.43. The second-order valence-corrected chi connectivity index (χ2v) is 10.1. The molecule has 1 fully saturated rings. The van der Waals surface area contributed by atoms with Crippen molar-refractivity contribution in [2.45, 2.75) is 105 Å². The molecule has 1 N–H and O–H groups in total. The lowest BCUT2D eigenvalue weighted by Crippen LogP contribution is -2.63. The Labute approximate surface area is 288 Å². The van der Waals surface area contributed by atoms with Gasteiger partial charge in [-0.2, -0.15) is 4.79 Å². The number of amides is 1. The van der Waals surface area contributed by atoms with E-state index < -0.39 is 85.1 Å². The summed E-state index contributed by atoms with van der Waals surface area (Å²) >= 11 is 0. The Balaban J connectivity index is 0.00000613. The van der Waals surface area contributed by atoms with Crippen LogP contribution in [0.15, 0.2) is 24.3 Å². The van der Waals surface area contributed by atoms with Gasteiger partial charge in [0, 0.05) is 34.1 Å². The summed E-state index contributed by atoms with van der Waals surface area (Å²) in [7, 11) is 0. The number of nitrogens with one attached hydrogen (secondary N) is 1. The summed E-state index contributed by atoms with van der Waals surface area (Å²) in [4.78, 5) is 86.3. The summed E-state index contributed by atoms with van der Waals surface area (Å²) in [6, 6.07) is 4.75. The van der Waals surface area contributed by atoms with E-state index in [0.717, 1.165) is 27.7 Å². The minimum Gasteiger partial charge on any atom is -0.464 e. The molecule has 0 aromatic heterocycles. The highest BCUT2D eigenvalue weighted by atomic mass is 16.7. The van der Waals surface area contributed by atoms with Crippen LogP contribution in [-0.2, 0) is 68.5 Å². The Morgan fingerprint density at radius 3 is 1.96 bits per heavy atom. The third-order valence-electron chi connectivity index (χ3n) is 6.24. The highest BCUT2D eigenvalue weighted by Crippen LogP contribution is 2.31. The van der Waals surface area contributed by atoms with E-state index in [4.69, 9.17) is 43.4 Å².